The summed E-state index contributed by atoms with van der Waals surface area (Å²) in [7, 11) is -2.58. The van der Waals surface area contributed by atoms with Gasteiger partial charge in [-0.1, -0.05) is 0 Å². The lowest BCUT2D eigenvalue weighted by Gasteiger charge is -2.33. The Kier molecular flexibility index (Phi) is 6.51. The van der Waals surface area contributed by atoms with Crippen LogP contribution < -0.4 is 20.5 Å². The number of methoxy groups -OCH3 is 1. The minimum absolute atomic E-state index is 0.106. The Labute approximate surface area is 189 Å². The summed E-state index contributed by atoms with van der Waals surface area (Å²) in [5, 5.41) is 7.14. The summed E-state index contributed by atoms with van der Waals surface area (Å²) < 4.78 is 17.6. The van der Waals surface area contributed by atoms with Crippen molar-refractivity contribution in [3.8, 4) is 5.88 Å². The maximum Gasteiger partial charge on any atom is 0.325 e. The van der Waals surface area contributed by atoms with Crippen LogP contribution in [0.25, 0.3) is 10.8 Å². The SMILES string of the molecule is COc1nc(N2CCC(CCP(=O)(O)O)CC2)cc2cnn(C3CCC(=O)NC3=O)c(=O)c12. The van der Waals surface area contributed by atoms with E-state index in [1.165, 1.54) is 13.3 Å². The number of carbonyl (C=O) groups is 2. The second kappa shape index (κ2) is 9.20. The Morgan fingerprint density at radius 2 is 1.94 bits per heavy atom. The molecule has 2 aromatic heterocycles. The number of rotatable bonds is 6. The summed E-state index contributed by atoms with van der Waals surface area (Å²) in [4.78, 5) is 61.5. The first-order valence-electron chi connectivity index (χ1n) is 10.8. The van der Waals surface area contributed by atoms with Crippen molar-refractivity contribution < 1.29 is 28.7 Å². The highest BCUT2D eigenvalue weighted by molar-refractivity contribution is 7.51. The molecule has 0 saturated carbocycles. The first kappa shape index (κ1) is 23.3. The Hall–Kier alpha value is -2.82. The quantitative estimate of drug-likeness (QED) is 0.394. The molecule has 2 saturated heterocycles. The molecule has 4 heterocycles. The monoisotopic (exact) mass is 479 g/mol. The largest absolute Gasteiger partial charge is 0.480 e. The zero-order valence-electron chi connectivity index (χ0n) is 18.1. The molecule has 0 radical (unpaired) electrons. The minimum Gasteiger partial charge on any atom is -0.480 e. The van der Waals surface area contributed by atoms with Gasteiger partial charge in [-0.2, -0.15) is 10.1 Å². The van der Waals surface area contributed by atoms with E-state index in [4.69, 9.17) is 14.5 Å². The Balaban J connectivity index is 1.58. The summed E-state index contributed by atoms with van der Waals surface area (Å²) in [5.74, 6) is 0.0378. The second-order valence-electron chi connectivity index (χ2n) is 8.42. The molecule has 0 bridgehead atoms. The number of amides is 2. The lowest BCUT2D eigenvalue weighted by atomic mass is 9.94. The molecule has 3 N–H and O–H groups in total. The first-order chi connectivity index (χ1) is 15.7. The van der Waals surface area contributed by atoms with Crippen molar-refractivity contribution in [2.24, 2.45) is 5.92 Å². The van der Waals surface area contributed by atoms with Crippen LogP contribution in [0.4, 0.5) is 5.82 Å². The summed E-state index contributed by atoms with van der Waals surface area (Å²) in [5.41, 5.74) is -0.519. The van der Waals surface area contributed by atoms with Crippen LogP contribution in [0, 0.1) is 5.92 Å². The van der Waals surface area contributed by atoms with Crippen LogP contribution in [0.1, 0.15) is 38.1 Å². The van der Waals surface area contributed by atoms with E-state index in [9.17, 15) is 18.9 Å². The number of hydrogen-bond donors (Lipinski definition) is 3. The molecule has 2 amide bonds. The third-order valence-corrected chi connectivity index (χ3v) is 7.05. The molecule has 2 aromatic rings. The number of nitrogens with zero attached hydrogens (tertiary/aromatic N) is 4. The van der Waals surface area contributed by atoms with Crippen molar-refractivity contribution in [2.45, 2.75) is 38.1 Å². The molecule has 12 nitrogen and oxygen atoms in total. The third-order valence-electron chi connectivity index (χ3n) is 6.21. The van der Waals surface area contributed by atoms with Crippen LogP contribution in [-0.2, 0) is 14.2 Å². The van der Waals surface area contributed by atoms with Crippen molar-refractivity contribution in [2.75, 3.05) is 31.3 Å². The van der Waals surface area contributed by atoms with Gasteiger partial charge in [0, 0.05) is 24.9 Å². The van der Waals surface area contributed by atoms with Crippen LogP contribution in [0.15, 0.2) is 17.1 Å². The topological polar surface area (TPSA) is 164 Å². The molecule has 1 unspecified atom stereocenters. The standard InChI is InChI=1S/C20H26N5O7P/c1-32-19-17-13(11-21-25(20(17)28)14-2-3-16(26)23-18(14)27)10-15(22-19)24-7-4-12(5-8-24)6-9-33(29,30)31/h10-12,14H,2-9H2,1H3,(H,23,26,27)(H2,29,30,31). The third kappa shape index (κ3) is 5.07. The fourth-order valence-corrected chi connectivity index (χ4v) is 5.09. The molecule has 2 aliphatic rings. The smallest absolute Gasteiger partial charge is 0.325 e. The van der Waals surface area contributed by atoms with Crippen molar-refractivity contribution in [3.05, 3.63) is 22.6 Å². The lowest BCUT2D eigenvalue weighted by molar-refractivity contribution is -0.136. The number of pyridine rings is 1. The molecule has 2 fully saturated rings. The van der Waals surface area contributed by atoms with Gasteiger partial charge in [0.2, 0.25) is 11.8 Å². The molecule has 2 aliphatic heterocycles. The van der Waals surface area contributed by atoms with E-state index in [1.807, 2.05) is 4.90 Å². The molecule has 13 heteroatoms. The number of hydrogen-bond acceptors (Lipinski definition) is 8. The van der Waals surface area contributed by atoms with Crippen molar-refractivity contribution >= 4 is 36.0 Å². The van der Waals surface area contributed by atoms with Crippen LogP contribution in [0.2, 0.25) is 0 Å². The molecule has 178 valence electrons. The van der Waals surface area contributed by atoms with Crippen LogP contribution in [-0.4, -0.2) is 62.7 Å². The van der Waals surface area contributed by atoms with E-state index in [1.54, 1.807) is 6.07 Å². The van der Waals surface area contributed by atoms with Gasteiger partial charge >= 0.3 is 7.60 Å². The number of aromatic nitrogens is 3. The van der Waals surface area contributed by atoms with Crippen molar-refractivity contribution in [3.63, 3.8) is 0 Å². The van der Waals surface area contributed by atoms with Gasteiger partial charge in [0.25, 0.3) is 11.5 Å². The summed E-state index contributed by atoms with van der Waals surface area (Å²) >= 11 is 0. The Morgan fingerprint density at radius 3 is 2.58 bits per heavy atom. The highest BCUT2D eigenvalue weighted by atomic mass is 31.2. The average Bonchev–Trinajstić information content (AvgIpc) is 2.77. The van der Waals surface area contributed by atoms with Gasteiger partial charge < -0.3 is 19.4 Å². The van der Waals surface area contributed by atoms with Crippen LogP contribution in [0.3, 0.4) is 0 Å². The number of anilines is 1. The van der Waals surface area contributed by atoms with Crippen molar-refractivity contribution in [1.82, 2.24) is 20.1 Å². The van der Waals surface area contributed by atoms with Crippen molar-refractivity contribution in [1.29, 1.82) is 0 Å². The summed E-state index contributed by atoms with van der Waals surface area (Å²) in [6.07, 6.45) is 3.73. The van der Waals surface area contributed by atoms with E-state index >= 15 is 0 Å². The van der Waals surface area contributed by atoms with Crippen LogP contribution in [0.5, 0.6) is 5.88 Å². The number of piperidine rings is 2. The number of imide groups is 1. The summed E-state index contributed by atoms with van der Waals surface area (Å²) in [6.45, 7) is 1.32. The zero-order chi connectivity index (χ0) is 23.8. The summed E-state index contributed by atoms with van der Waals surface area (Å²) in [6, 6.07) is 0.868. The van der Waals surface area contributed by atoms with E-state index in [-0.39, 0.29) is 42.1 Å². The fourth-order valence-electron chi connectivity index (χ4n) is 4.38. The Morgan fingerprint density at radius 1 is 1.21 bits per heavy atom. The highest BCUT2D eigenvalue weighted by Gasteiger charge is 2.31. The molecule has 0 aromatic carbocycles. The second-order valence-corrected chi connectivity index (χ2v) is 10.2. The minimum atomic E-state index is -3.99. The number of fused-ring (bicyclic) bond motifs is 1. The number of ether oxygens (including phenoxy) is 1. The molecule has 0 spiro atoms. The average molecular weight is 479 g/mol. The Bertz CT molecular complexity index is 1190. The maximum absolute atomic E-state index is 13.2. The van der Waals surface area contributed by atoms with E-state index < -0.39 is 25.1 Å². The van der Waals surface area contributed by atoms with Gasteiger partial charge in [0.1, 0.15) is 17.2 Å². The fraction of sp³-hybridized carbons (Fsp3) is 0.550. The van der Waals surface area contributed by atoms with Gasteiger partial charge in [0.05, 0.1) is 19.5 Å². The maximum atomic E-state index is 13.2. The molecular weight excluding hydrogens is 453 g/mol. The highest BCUT2D eigenvalue weighted by Crippen LogP contribution is 2.38. The van der Waals surface area contributed by atoms with Gasteiger partial charge in [-0.3, -0.25) is 24.3 Å². The molecule has 0 aliphatic carbocycles. The van der Waals surface area contributed by atoms with Gasteiger partial charge in [0.15, 0.2) is 0 Å². The first-order valence-corrected chi connectivity index (χ1v) is 12.6. The van der Waals surface area contributed by atoms with Gasteiger partial charge in [-0.05, 0) is 37.7 Å². The molecule has 33 heavy (non-hydrogen) atoms. The zero-order valence-corrected chi connectivity index (χ0v) is 19.0. The molecule has 1 atom stereocenters. The molecule has 4 rings (SSSR count). The number of carbonyl (C=O) groups excluding carboxylic acids is 2. The van der Waals surface area contributed by atoms with E-state index in [2.05, 4.69) is 15.4 Å². The van der Waals surface area contributed by atoms with E-state index in [0.29, 0.717) is 30.7 Å². The van der Waals surface area contributed by atoms with Gasteiger partial charge in [-0.25, -0.2) is 4.68 Å². The predicted octanol–water partition coefficient (Wildman–Crippen LogP) is 0.562. The van der Waals surface area contributed by atoms with Gasteiger partial charge in [-0.15, -0.1) is 0 Å². The molecular formula is C20H26N5O7P. The van der Waals surface area contributed by atoms with Crippen LogP contribution >= 0.6 is 7.60 Å². The lowest BCUT2D eigenvalue weighted by Crippen LogP contribution is -2.45. The predicted molar refractivity (Wildman–Crippen MR) is 118 cm³/mol. The normalized spacial score (nSPS) is 20.2. The number of nitrogens with one attached hydrogen (secondary N) is 1. The van der Waals surface area contributed by atoms with E-state index in [0.717, 1.165) is 17.5 Å².